The zero-order valence-corrected chi connectivity index (χ0v) is 12.0. The summed E-state index contributed by atoms with van der Waals surface area (Å²) < 4.78 is 5.72. The van der Waals surface area contributed by atoms with Crippen LogP contribution in [0.25, 0.3) is 0 Å². The molecule has 2 rings (SSSR count). The van der Waals surface area contributed by atoms with Crippen LogP contribution >= 0.6 is 0 Å². The third-order valence-electron chi connectivity index (χ3n) is 3.59. The molecule has 5 heteroatoms. The third kappa shape index (κ3) is 4.90. The van der Waals surface area contributed by atoms with E-state index in [1.54, 1.807) is 12.4 Å². The van der Waals surface area contributed by atoms with Crippen LogP contribution in [0.2, 0.25) is 0 Å². The number of ether oxygens (including phenoxy) is 1. The molecule has 20 heavy (non-hydrogen) atoms. The molecule has 1 aliphatic rings. The molecule has 0 aromatic carbocycles. The summed E-state index contributed by atoms with van der Waals surface area (Å²) in [7, 11) is 0. The molecule has 1 aromatic rings. The Kier molecular flexibility index (Phi) is 5.95. The van der Waals surface area contributed by atoms with Crippen molar-refractivity contribution in [2.24, 2.45) is 0 Å². The highest BCUT2D eigenvalue weighted by molar-refractivity contribution is 5.75. The van der Waals surface area contributed by atoms with E-state index in [-0.39, 0.29) is 5.91 Å². The van der Waals surface area contributed by atoms with Gasteiger partial charge in [0.25, 0.3) is 0 Å². The van der Waals surface area contributed by atoms with Crippen molar-refractivity contribution in [2.75, 3.05) is 19.7 Å². The molecule has 0 unspecified atom stereocenters. The molecule has 0 bridgehead atoms. The maximum atomic E-state index is 11.7. The van der Waals surface area contributed by atoms with E-state index >= 15 is 0 Å². The molecule has 1 aliphatic heterocycles. The highest BCUT2D eigenvalue weighted by Gasteiger charge is 2.13. The molecule has 1 saturated heterocycles. The third-order valence-corrected chi connectivity index (χ3v) is 3.59. The van der Waals surface area contributed by atoms with Crippen LogP contribution < -0.4 is 10.6 Å². The van der Waals surface area contributed by atoms with Crippen molar-refractivity contribution in [3.8, 4) is 0 Å². The zero-order chi connectivity index (χ0) is 14.2. The lowest BCUT2D eigenvalue weighted by atomic mass is 10.1. The van der Waals surface area contributed by atoms with Gasteiger partial charge in [0, 0.05) is 25.4 Å². The predicted molar refractivity (Wildman–Crippen MR) is 77.3 cm³/mol. The van der Waals surface area contributed by atoms with E-state index in [9.17, 15) is 4.79 Å². The molecule has 0 radical (unpaired) electrons. The lowest BCUT2D eigenvalue weighted by Gasteiger charge is -2.22. The van der Waals surface area contributed by atoms with Crippen molar-refractivity contribution in [1.82, 2.24) is 15.6 Å². The first kappa shape index (κ1) is 14.9. The van der Waals surface area contributed by atoms with Gasteiger partial charge in [0.1, 0.15) is 0 Å². The smallest absolute Gasteiger partial charge is 0.222 e. The van der Waals surface area contributed by atoms with Crippen LogP contribution in [0.15, 0.2) is 18.5 Å². The standard InChI is InChI=1S/C15H23N3O2/c1-12-2-6-17-10-13(12)11-18-15(19)5-9-20-14-3-7-16-8-4-14/h2,6,10,14,16H,3-5,7-9,11H2,1H3,(H,18,19). The minimum Gasteiger partial charge on any atom is -0.378 e. The van der Waals surface area contributed by atoms with Gasteiger partial charge < -0.3 is 15.4 Å². The van der Waals surface area contributed by atoms with Gasteiger partial charge in [-0.3, -0.25) is 9.78 Å². The second kappa shape index (κ2) is 7.97. The summed E-state index contributed by atoms with van der Waals surface area (Å²) in [6.07, 6.45) is 6.36. The second-order valence-electron chi connectivity index (χ2n) is 5.15. The summed E-state index contributed by atoms with van der Waals surface area (Å²) in [6.45, 7) is 5.08. The number of aryl methyl sites for hydroxylation is 1. The summed E-state index contributed by atoms with van der Waals surface area (Å²) in [5.41, 5.74) is 2.20. The molecule has 2 heterocycles. The Morgan fingerprint density at radius 3 is 3.05 bits per heavy atom. The second-order valence-corrected chi connectivity index (χ2v) is 5.15. The lowest BCUT2D eigenvalue weighted by molar-refractivity contribution is -0.122. The average Bonchev–Trinajstić information content (AvgIpc) is 2.47. The molecule has 5 nitrogen and oxygen atoms in total. The molecule has 0 spiro atoms. The van der Waals surface area contributed by atoms with E-state index in [4.69, 9.17) is 4.74 Å². The largest absolute Gasteiger partial charge is 0.378 e. The van der Waals surface area contributed by atoms with Crippen molar-refractivity contribution in [1.29, 1.82) is 0 Å². The highest BCUT2D eigenvalue weighted by atomic mass is 16.5. The Labute approximate surface area is 120 Å². The van der Waals surface area contributed by atoms with Crippen LogP contribution in [-0.4, -0.2) is 36.7 Å². The average molecular weight is 277 g/mol. The summed E-state index contributed by atoms with van der Waals surface area (Å²) in [5, 5.41) is 6.20. The number of carbonyl (C=O) groups is 1. The first-order chi connectivity index (χ1) is 9.75. The topological polar surface area (TPSA) is 63.2 Å². The number of aromatic nitrogens is 1. The molecule has 1 aromatic heterocycles. The molecule has 1 amide bonds. The van der Waals surface area contributed by atoms with Gasteiger partial charge in [-0.05, 0) is 50.0 Å². The molecule has 110 valence electrons. The van der Waals surface area contributed by atoms with Crippen LogP contribution in [0, 0.1) is 6.92 Å². The Hall–Kier alpha value is -1.46. The van der Waals surface area contributed by atoms with Crippen molar-refractivity contribution < 1.29 is 9.53 Å². The van der Waals surface area contributed by atoms with Gasteiger partial charge in [0.2, 0.25) is 5.91 Å². The lowest BCUT2D eigenvalue weighted by Crippen LogP contribution is -2.33. The molecule has 0 saturated carbocycles. The van der Waals surface area contributed by atoms with E-state index in [0.29, 0.717) is 25.7 Å². The van der Waals surface area contributed by atoms with Crippen LogP contribution in [-0.2, 0) is 16.1 Å². The van der Waals surface area contributed by atoms with Crippen LogP contribution in [0.5, 0.6) is 0 Å². The van der Waals surface area contributed by atoms with E-state index in [2.05, 4.69) is 15.6 Å². The highest BCUT2D eigenvalue weighted by Crippen LogP contribution is 2.07. The van der Waals surface area contributed by atoms with Crippen molar-refractivity contribution in [3.05, 3.63) is 29.6 Å². The maximum absolute atomic E-state index is 11.7. The van der Waals surface area contributed by atoms with Crippen molar-refractivity contribution in [3.63, 3.8) is 0 Å². The van der Waals surface area contributed by atoms with Gasteiger partial charge in [-0.25, -0.2) is 0 Å². The summed E-state index contributed by atoms with van der Waals surface area (Å²) in [5.74, 6) is 0.0298. The zero-order valence-electron chi connectivity index (χ0n) is 12.0. The van der Waals surface area contributed by atoms with Crippen molar-refractivity contribution >= 4 is 5.91 Å². The van der Waals surface area contributed by atoms with Gasteiger partial charge in [-0.2, -0.15) is 0 Å². The monoisotopic (exact) mass is 277 g/mol. The summed E-state index contributed by atoms with van der Waals surface area (Å²) >= 11 is 0. The molecule has 0 atom stereocenters. The fraction of sp³-hybridized carbons (Fsp3) is 0.600. The number of hydrogen-bond acceptors (Lipinski definition) is 4. The number of nitrogens with zero attached hydrogens (tertiary/aromatic N) is 1. The van der Waals surface area contributed by atoms with E-state index in [1.165, 1.54) is 0 Å². The fourth-order valence-corrected chi connectivity index (χ4v) is 2.24. The number of piperidine rings is 1. The molecule has 0 aliphatic carbocycles. The van der Waals surface area contributed by atoms with Gasteiger partial charge in [-0.1, -0.05) is 0 Å². The minimum absolute atomic E-state index is 0.0298. The Bertz CT molecular complexity index is 431. The van der Waals surface area contributed by atoms with Crippen LogP contribution in [0.4, 0.5) is 0 Å². The number of nitrogens with one attached hydrogen (secondary N) is 2. The Morgan fingerprint density at radius 2 is 2.30 bits per heavy atom. The summed E-state index contributed by atoms with van der Waals surface area (Å²) in [4.78, 5) is 15.8. The molecular weight excluding hydrogens is 254 g/mol. The number of hydrogen-bond donors (Lipinski definition) is 2. The first-order valence-corrected chi connectivity index (χ1v) is 7.24. The van der Waals surface area contributed by atoms with Gasteiger partial charge in [0.15, 0.2) is 0 Å². The Balaban J connectivity index is 1.62. The molecular formula is C15H23N3O2. The van der Waals surface area contributed by atoms with E-state index in [0.717, 1.165) is 37.1 Å². The summed E-state index contributed by atoms with van der Waals surface area (Å²) in [6, 6.07) is 1.95. The van der Waals surface area contributed by atoms with Gasteiger partial charge in [-0.15, -0.1) is 0 Å². The normalized spacial score (nSPS) is 16.1. The number of amides is 1. The first-order valence-electron chi connectivity index (χ1n) is 7.24. The number of pyridine rings is 1. The number of rotatable bonds is 6. The maximum Gasteiger partial charge on any atom is 0.222 e. The SMILES string of the molecule is Cc1ccncc1CNC(=O)CCOC1CCNCC1. The number of carbonyl (C=O) groups excluding carboxylic acids is 1. The van der Waals surface area contributed by atoms with Crippen LogP contribution in [0.3, 0.4) is 0 Å². The van der Waals surface area contributed by atoms with Gasteiger partial charge >= 0.3 is 0 Å². The minimum atomic E-state index is 0.0298. The van der Waals surface area contributed by atoms with Gasteiger partial charge in [0.05, 0.1) is 12.7 Å². The fourth-order valence-electron chi connectivity index (χ4n) is 2.24. The van der Waals surface area contributed by atoms with E-state index in [1.807, 2.05) is 13.0 Å². The molecule has 1 fully saturated rings. The van der Waals surface area contributed by atoms with Crippen LogP contribution in [0.1, 0.15) is 30.4 Å². The molecule has 2 N–H and O–H groups in total. The van der Waals surface area contributed by atoms with E-state index < -0.39 is 0 Å². The van der Waals surface area contributed by atoms with Crippen molar-refractivity contribution in [2.45, 2.75) is 38.8 Å². The quantitative estimate of drug-likeness (QED) is 0.819. The predicted octanol–water partition coefficient (Wildman–Crippen LogP) is 1.16. The Morgan fingerprint density at radius 1 is 1.50 bits per heavy atom.